The van der Waals surface area contributed by atoms with Gasteiger partial charge < -0.3 is 15.8 Å². The van der Waals surface area contributed by atoms with Crippen LogP contribution in [-0.2, 0) is 17.3 Å². The van der Waals surface area contributed by atoms with Crippen molar-refractivity contribution in [3.05, 3.63) is 77.7 Å². The third-order valence-corrected chi connectivity index (χ3v) is 7.16. The second-order valence-electron chi connectivity index (χ2n) is 8.71. The molecule has 0 spiro atoms. The summed E-state index contributed by atoms with van der Waals surface area (Å²) in [5.74, 6) is 0. The minimum atomic E-state index is -4.34. The smallest absolute Gasteiger partial charge is 0.372 e. The number of benzene rings is 2. The van der Waals surface area contributed by atoms with Gasteiger partial charge in [0.25, 0.3) is 0 Å². The van der Waals surface area contributed by atoms with Gasteiger partial charge >= 0.3 is 6.18 Å². The van der Waals surface area contributed by atoms with E-state index in [4.69, 9.17) is 15.5 Å². The molecule has 2 aromatic carbocycles. The second-order valence-corrected chi connectivity index (χ2v) is 9.71. The lowest BCUT2D eigenvalue weighted by atomic mass is 10.0. The predicted octanol–water partition coefficient (Wildman–Crippen LogP) is 6.21. The van der Waals surface area contributed by atoms with Gasteiger partial charge in [-0.05, 0) is 60.0 Å². The lowest BCUT2D eigenvalue weighted by Gasteiger charge is -2.13. The Morgan fingerprint density at radius 1 is 1.11 bits per heavy atom. The van der Waals surface area contributed by atoms with E-state index in [0.29, 0.717) is 13.0 Å². The van der Waals surface area contributed by atoms with E-state index in [1.54, 1.807) is 17.5 Å². The van der Waals surface area contributed by atoms with Crippen molar-refractivity contribution in [1.82, 2.24) is 9.97 Å². The standard InChI is InChI=1S/C26H25F3N4OS/c27-26(28,29)20-7-3-16(4-8-20)12-21(30)15-32-25-33-23(22-2-1-11-34-22)24(35-25)18-5-6-19-14-31-10-9-17(19)13-18/h3-10,13-14,21-22H,1-2,11-12,15,30H2,(H,32,33). The molecular formula is C26H25F3N4OS. The van der Waals surface area contributed by atoms with Crippen LogP contribution < -0.4 is 11.1 Å². The van der Waals surface area contributed by atoms with Crippen LogP contribution in [0, 0.1) is 0 Å². The summed E-state index contributed by atoms with van der Waals surface area (Å²) < 4.78 is 44.3. The highest BCUT2D eigenvalue weighted by atomic mass is 32.1. The summed E-state index contributed by atoms with van der Waals surface area (Å²) in [6.45, 7) is 1.17. The first-order chi connectivity index (χ1) is 16.9. The number of alkyl halides is 3. The largest absolute Gasteiger partial charge is 0.416 e. The summed E-state index contributed by atoms with van der Waals surface area (Å²) in [6, 6.07) is 13.1. The van der Waals surface area contributed by atoms with Crippen LogP contribution in [0.5, 0.6) is 0 Å². The fourth-order valence-corrected chi connectivity index (χ4v) is 5.29. The van der Waals surface area contributed by atoms with Gasteiger partial charge in [0.1, 0.15) is 6.10 Å². The van der Waals surface area contributed by atoms with Crippen LogP contribution in [0.2, 0.25) is 0 Å². The number of hydrogen-bond acceptors (Lipinski definition) is 6. The first kappa shape index (κ1) is 23.7. The highest BCUT2D eigenvalue weighted by Gasteiger charge is 2.30. The van der Waals surface area contributed by atoms with E-state index >= 15 is 0 Å². The molecule has 0 saturated carbocycles. The molecule has 182 valence electrons. The highest BCUT2D eigenvalue weighted by Crippen LogP contribution is 2.41. The molecule has 4 aromatic rings. The lowest BCUT2D eigenvalue weighted by molar-refractivity contribution is -0.137. The van der Waals surface area contributed by atoms with Gasteiger partial charge in [0.15, 0.2) is 5.13 Å². The zero-order valence-corrected chi connectivity index (χ0v) is 19.7. The van der Waals surface area contributed by atoms with Crippen LogP contribution in [0.25, 0.3) is 21.2 Å². The maximum atomic E-state index is 12.8. The molecule has 5 rings (SSSR count). The van der Waals surface area contributed by atoms with Crippen molar-refractivity contribution < 1.29 is 17.9 Å². The number of nitrogens with one attached hydrogen (secondary N) is 1. The fraction of sp³-hybridized carbons (Fsp3) is 0.308. The quantitative estimate of drug-likeness (QED) is 0.317. The van der Waals surface area contributed by atoms with Crippen molar-refractivity contribution in [3.8, 4) is 10.4 Å². The normalized spacial score (nSPS) is 17.1. The number of nitrogens with two attached hydrogens (primary N) is 1. The monoisotopic (exact) mass is 498 g/mol. The van der Waals surface area contributed by atoms with E-state index in [1.807, 2.05) is 12.3 Å². The fourth-order valence-electron chi connectivity index (χ4n) is 4.27. The van der Waals surface area contributed by atoms with E-state index < -0.39 is 11.7 Å². The number of halogens is 3. The van der Waals surface area contributed by atoms with Gasteiger partial charge in [-0.1, -0.05) is 35.6 Å². The summed E-state index contributed by atoms with van der Waals surface area (Å²) in [4.78, 5) is 10.1. The van der Waals surface area contributed by atoms with Gasteiger partial charge in [-0.15, -0.1) is 0 Å². The zero-order chi connectivity index (χ0) is 24.4. The van der Waals surface area contributed by atoms with Crippen LogP contribution in [0.4, 0.5) is 18.3 Å². The van der Waals surface area contributed by atoms with Crippen molar-refractivity contribution in [2.24, 2.45) is 5.73 Å². The zero-order valence-electron chi connectivity index (χ0n) is 18.9. The maximum Gasteiger partial charge on any atom is 0.416 e. The van der Waals surface area contributed by atoms with E-state index in [0.717, 1.165) is 69.2 Å². The SMILES string of the molecule is NC(CNc1nc(C2CCCO2)c(-c2ccc3cnccc3c2)s1)Cc1ccc(C(F)(F)F)cc1. The lowest BCUT2D eigenvalue weighted by Crippen LogP contribution is -2.31. The van der Waals surface area contributed by atoms with Crippen LogP contribution >= 0.6 is 11.3 Å². The number of nitrogens with zero attached hydrogens (tertiary/aromatic N) is 2. The Bertz CT molecular complexity index is 1300. The van der Waals surface area contributed by atoms with Crippen molar-refractivity contribution in [2.45, 2.75) is 37.6 Å². The number of thiazole rings is 1. The topological polar surface area (TPSA) is 73.1 Å². The molecule has 0 amide bonds. The Labute approximate surface area is 205 Å². The van der Waals surface area contributed by atoms with Gasteiger partial charge in [-0.3, -0.25) is 4.98 Å². The molecule has 0 radical (unpaired) electrons. The van der Waals surface area contributed by atoms with E-state index in [2.05, 4.69) is 28.5 Å². The molecule has 5 nitrogen and oxygen atoms in total. The molecule has 1 aliphatic heterocycles. The maximum absolute atomic E-state index is 12.8. The van der Waals surface area contributed by atoms with E-state index in [9.17, 15) is 13.2 Å². The Kier molecular flexibility index (Phi) is 6.73. The molecule has 3 N–H and O–H groups in total. The van der Waals surface area contributed by atoms with Crippen LogP contribution in [0.3, 0.4) is 0 Å². The Hall–Kier alpha value is -3.01. The molecule has 3 heterocycles. The van der Waals surface area contributed by atoms with Crippen LogP contribution in [0.15, 0.2) is 60.9 Å². The predicted molar refractivity (Wildman–Crippen MR) is 132 cm³/mol. The van der Waals surface area contributed by atoms with Gasteiger partial charge in [0.2, 0.25) is 0 Å². The third-order valence-electron chi connectivity index (χ3n) is 6.09. The summed E-state index contributed by atoms with van der Waals surface area (Å²) >= 11 is 1.56. The van der Waals surface area contributed by atoms with Gasteiger partial charge in [-0.25, -0.2) is 4.98 Å². The molecule has 1 saturated heterocycles. The van der Waals surface area contributed by atoms with Crippen LogP contribution in [-0.4, -0.2) is 29.2 Å². The second kappa shape index (κ2) is 9.93. The molecule has 35 heavy (non-hydrogen) atoms. The van der Waals surface area contributed by atoms with Crippen molar-refractivity contribution in [1.29, 1.82) is 0 Å². The van der Waals surface area contributed by atoms with E-state index in [1.165, 1.54) is 12.1 Å². The minimum Gasteiger partial charge on any atom is -0.372 e. The molecule has 0 aliphatic carbocycles. The first-order valence-corrected chi connectivity index (χ1v) is 12.3. The van der Waals surface area contributed by atoms with Crippen molar-refractivity contribution >= 4 is 27.2 Å². The van der Waals surface area contributed by atoms with E-state index in [-0.39, 0.29) is 12.1 Å². The Morgan fingerprint density at radius 3 is 2.69 bits per heavy atom. The number of anilines is 1. The Morgan fingerprint density at radius 2 is 1.94 bits per heavy atom. The number of aromatic nitrogens is 2. The summed E-state index contributed by atoms with van der Waals surface area (Å²) in [5, 5.41) is 6.27. The molecule has 1 fully saturated rings. The third kappa shape index (κ3) is 5.47. The molecule has 1 aliphatic rings. The minimum absolute atomic E-state index is 0.0363. The van der Waals surface area contributed by atoms with Gasteiger partial charge in [-0.2, -0.15) is 13.2 Å². The average Bonchev–Trinajstić information content (AvgIpc) is 3.52. The average molecular weight is 499 g/mol. The molecule has 9 heteroatoms. The molecule has 2 atom stereocenters. The molecule has 0 bridgehead atoms. The number of rotatable bonds is 7. The number of fused-ring (bicyclic) bond motifs is 1. The highest BCUT2D eigenvalue weighted by molar-refractivity contribution is 7.19. The van der Waals surface area contributed by atoms with Gasteiger partial charge in [0.05, 0.1) is 16.1 Å². The number of hydrogen-bond donors (Lipinski definition) is 2. The number of pyridine rings is 1. The van der Waals surface area contributed by atoms with Crippen molar-refractivity contribution in [2.75, 3.05) is 18.5 Å². The Balaban J connectivity index is 1.31. The molecule has 2 unspecified atom stereocenters. The first-order valence-electron chi connectivity index (χ1n) is 11.5. The van der Waals surface area contributed by atoms with Crippen molar-refractivity contribution in [3.63, 3.8) is 0 Å². The molecule has 2 aromatic heterocycles. The van der Waals surface area contributed by atoms with Gasteiger partial charge in [0, 0.05) is 37.0 Å². The summed E-state index contributed by atoms with van der Waals surface area (Å²) in [7, 11) is 0. The number of ether oxygens (including phenoxy) is 1. The van der Waals surface area contributed by atoms with Crippen LogP contribution in [0.1, 0.15) is 35.8 Å². The molecular weight excluding hydrogens is 473 g/mol. The summed E-state index contributed by atoms with van der Waals surface area (Å²) in [5.41, 5.74) is 8.39. The summed E-state index contributed by atoms with van der Waals surface area (Å²) in [6.07, 6.45) is 1.65.